The summed E-state index contributed by atoms with van der Waals surface area (Å²) in [5.41, 5.74) is 3.03. The van der Waals surface area contributed by atoms with Crippen molar-refractivity contribution >= 4 is 46.8 Å². The van der Waals surface area contributed by atoms with Gasteiger partial charge in [-0.2, -0.15) is 0 Å². The fourth-order valence-corrected chi connectivity index (χ4v) is 4.24. The van der Waals surface area contributed by atoms with Crippen molar-refractivity contribution in [2.75, 3.05) is 12.8 Å². The second-order valence-corrected chi connectivity index (χ2v) is 8.36. The Morgan fingerprint density at radius 3 is 2.57 bits per heavy atom. The number of hydrogen-bond acceptors (Lipinski definition) is 3. The normalized spacial score (nSPS) is 11.8. The smallest absolute Gasteiger partial charge is 0.242 e. The van der Waals surface area contributed by atoms with Gasteiger partial charge in [0.1, 0.15) is 6.04 Å². The SMILES string of the molecule is CNC(=O)[C@@H](C)N(Cc1cccc(C)c1)C(=O)CSCc1ccc(Cl)cc1Cl. The van der Waals surface area contributed by atoms with Gasteiger partial charge >= 0.3 is 0 Å². The van der Waals surface area contributed by atoms with Crippen molar-refractivity contribution in [1.82, 2.24) is 10.2 Å². The number of hydrogen-bond donors (Lipinski definition) is 1. The maximum Gasteiger partial charge on any atom is 0.242 e. The number of nitrogens with zero attached hydrogens (tertiary/aromatic N) is 1. The van der Waals surface area contributed by atoms with Gasteiger partial charge in [-0.25, -0.2) is 0 Å². The molecule has 150 valence electrons. The molecule has 0 radical (unpaired) electrons. The molecular weight excluding hydrogens is 415 g/mol. The number of likely N-dealkylation sites (N-methyl/N-ethyl adjacent to an activating group) is 1. The summed E-state index contributed by atoms with van der Waals surface area (Å²) in [7, 11) is 1.57. The molecule has 0 aliphatic rings. The van der Waals surface area contributed by atoms with Crippen molar-refractivity contribution in [3.8, 4) is 0 Å². The third-order valence-corrected chi connectivity index (χ3v) is 5.90. The van der Waals surface area contributed by atoms with Gasteiger partial charge in [-0.15, -0.1) is 11.8 Å². The number of halogens is 2. The van der Waals surface area contributed by atoms with E-state index in [0.29, 0.717) is 22.3 Å². The number of carbonyl (C=O) groups excluding carboxylic acids is 2. The van der Waals surface area contributed by atoms with Gasteiger partial charge in [0.2, 0.25) is 11.8 Å². The maximum absolute atomic E-state index is 12.9. The summed E-state index contributed by atoms with van der Waals surface area (Å²) < 4.78 is 0. The van der Waals surface area contributed by atoms with E-state index in [0.717, 1.165) is 16.7 Å². The molecule has 0 aliphatic heterocycles. The Hall–Kier alpha value is -1.69. The van der Waals surface area contributed by atoms with Crippen LogP contribution in [-0.2, 0) is 21.9 Å². The third kappa shape index (κ3) is 6.43. The summed E-state index contributed by atoms with van der Waals surface area (Å²) in [5.74, 6) is 0.569. The summed E-state index contributed by atoms with van der Waals surface area (Å²) in [6, 6.07) is 12.7. The number of rotatable bonds is 8. The van der Waals surface area contributed by atoms with Gasteiger partial charge in [-0.1, -0.05) is 59.1 Å². The van der Waals surface area contributed by atoms with Gasteiger partial charge in [0.25, 0.3) is 0 Å². The van der Waals surface area contributed by atoms with Crippen LogP contribution in [0.5, 0.6) is 0 Å². The van der Waals surface area contributed by atoms with E-state index in [1.807, 2.05) is 37.3 Å². The van der Waals surface area contributed by atoms with Crippen LogP contribution in [0.25, 0.3) is 0 Å². The highest BCUT2D eigenvalue weighted by Crippen LogP contribution is 2.25. The molecule has 0 spiro atoms. The zero-order valence-electron chi connectivity index (χ0n) is 16.2. The molecule has 1 N–H and O–H groups in total. The number of benzene rings is 2. The topological polar surface area (TPSA) is 49.4 Å². The van der Waals surface area contributed by atoms with Crippen molar-refractivity contribution in [1.29, 1.82) is 0 Å². The molecule has 1 atom stereocenters. The number of amides is 2. The monoisotopic (exact) mass is 438 g/mol. The molecular formula is C21H24Cl2N2O2S. The fourth-order valence-electron chi connectivity index (χ4n) is 2.77. The molecule has 2 aromatic rings. The van der Waals surface area contributed by atoms with E-state index in [1.165, 1.54) is 11.8 Å². The second kappa shape index (κ2) is 10.7. The summed E-state index contributed by atoms with van der Waals surface area (Å²) in [6.45, 7) is 4.13. The van der Waals surface area contributed by atoms with Crippen molar-refractivity contribution in [2.24, 2.45) is 0 Å². The average molecular weight is 439 g/mol. The molecule has 2 amide bonds. The van der Waals surface area contributed by atoms with Gasteiger partial charge < -0.3 is 10.2 Å². The number of carbonyl (C=O) groups is 2. The first-order chi connectivity index (χ1) is 13.3. The second-order valence-electron chi connectivity index (χ2n) is 6.53. The van der Waals surface area contributed by atoms with E-state index in [4.69, 9.17) is 23.2 Å². The first kappa shape index (κ1) is 22.6. The molecule has 0 aliphatic carbocycles. The van der Waals surface area contributed by atoms with Crippen molar-refractivity contribution in [2.45, 2.75) is 32.2 Å². The number of aryl methyl sites for hydroxylation is 1. The van der Waals surface area contributed by atoms with Gasteiger partial charge in [-0.3, -0.25) is 9.59 Å². The van der Waals surface area contributed by atoms with Gasteiger partial charge in [0.05, 0.1) is 5.75 Å². The van der Waals surface area contributed by atoms with Crippen LogP contribution in [0.4, 0.5) is 0 Å². The van der Waals surface area contributed by atoms with Crippen LogP contribution in [0.2, 0.25) is 10.0 Å². The highest BCUT2D eigenvalue weighted by atomic mass is 35.5. The van der Waals surface area contributed by atoms with Crippen molar-refractivity contribution < 1.29 is 9.59 Å². The van der Waals surface area contributed by atoms with E-state index in [2.05, 4.69) is 5.32 Å². The van der Waals surface area contributed by atoms with E-state index in [9.17, 15) is 9.59 Å². The minimum atomic E-state index is -0.558. The predicted molar refractivity (Wildman–Crippen MR) is 118 cm³/mol. The highest BCUT2D eigenvalue weighted by molar-refractivity contribution is 7.99. The van der Waals surface area contributed by atoms with Crippen molar-refractivity contribution in [3.63, 3.8) is 0 Å². The van der Waals surface area contributed by atoms with E-state index in [1.54, 1.807) is 31.0 Å². The van der Waals surface area contributed by atoms with E-state index in [-0.39, 0.29) is 17.6 Å². The van der Waals surface area contributed by atoms with Crippen LogP contribution in [0.1, 0.15) is 23.6 Å². The number of nitrogens with one attached hydrogen (secondary N) is 1. The number of thioether (sulfide) groups is 1. The van der Waals surface area contributed by atoms with Crippen molar-refractivity contribution in [3.05, 3.63) is 69.2 Å². The fraction of sp³-hybridized carbons (Fsp3) is 0.333. The quantitative estimate of drug-likeness (QED) is 0.649. The Kier molecular flexibility index (Phi) is 8.67. The van der Waals surface area contributed by atoms with Crippen LogP contribution in [0.15, 0.2) is 42.5 Å². The molecule has 0 saturated heterocycles. The Bertz CT molecular complexity index is 845. The standard InChI is InChI=1S/C21H24Cl2N2O2S/c1-14-5-4-6-16(9-14)11-25(15(2)21(27)24-3)20(26)13-28-12-17-7-8-18(22)10-19(17)23/h4-10,15H,11-13H2,1-3H3,(H,24,27)/t15-/m1/s1. The molecule has 2 aromatic carbocycles. The molecule has 0 fully saturated rings. The molecule has 0 bridgehead atoms. The zero-order chi connectivity index (χ0) is 20.7. The lowest BCUT2D eigenvalue weighted by Crippen LogP contribution is -2.47. The summed E-state index contributed by atoms with van der Waals surface area (Å²) >= 11 is 13.6. The Morgan fingerprint density at radius 2 is 1.93 bits per heavy atom. The molecule has 28 heavy (non-hydrogen) atoms. The summed E-state index contributed by atoms with van der Waals surface area (Å²) in [5, 5.41) is 3.79. The summed E-state index contributed by atoms with van der Waals surface area (Å²) in [4.78, 5) is 26.7. The Balaban J connectivity index is 2.06. The maximum atomic E-state index is 12.9. The molecule has 4 nitrogen and oxygen atoms in total. The molecule has 7 heteroatoms. The molecule has 2 rings (SSSR count). The molecule has 0 saturated carbocycles. The van der Waals surface area contributed by atoms with E-state index >= 15 is 0 Å². The molecule has 0 unspecified atom stereocenters. The van der Waals surface area contributed by atoms with Crippen LogP contribution in [-0.4, -0.2) is 35.6 Å². The zero-order valence-corrected chi connectivity index (χ0v) is 18.5. The van der Waals surface area contributed by atoms with Gasteiger partial charge in [0, 0.05) is 29.4 Å². The summed E-state index contributed by atoms with van der Waals surface area (Å²) in [6.07, 6.45) is 0. The first-order valence-corrected chi connectivity index (χ1v) is 10.8. The van der Waals surface area contributed by atoms with Crippen LogP contribution >= 0.6 is 35.0 Å². The Labute approximate surface area is 180 Å². The molecule has 0 heterocycles. The predicted octanol–water partition coefficient (Wildman–Crippen LogP) is 4.70. The largest absolute Gasteiger partial charge is 0.357 e. The first-order valence-electron chi connectivity index (χ1n) is 8.90. The van der Waals surface area contributed by atoms with Gasteiger partial charge in [0.15, 0.2) is 0 Å². The minimum absolute atomic E-state index is 0.0901. The molecule has 0 aromatic heterocycles. The van der Waals surface area contributed by atoms with Crippen LogP contribution in [0.3, 0.4) is 0 Å². The average Bonchev–Trinajstić information content (AvgIpc) is 2.66. The lowest BCUT2D eigenvalue weighted by atomic mass is 10.1. The van der Waals surface area contributed by atoms with Crippen LogP contribution in [0, 0.1) is 6.92 Å². The lowest BCUT2D eigenvalue weighted by molar-refractivity contribution is -0.138. The minimum Gasteiger partial charge on any atom is -0.357 e. The van der Waals surface area contributed by atoms with Gasteiger partial charge in [-0.05, 0) is 37.1 Å². The lowest BCUT2D eigenvalue weighted by Gasteiger charge is -2.28. The Morgan fingerprint density at radius 1 is 1.18 bits per heavy atom. The third-order valence-electron chi connectivity index (χ3n) is 4.35. The highest BCUT2D eigenvalue weighted by Gasteiger charge is 2.25. The van der Waals surface area contributed by atoms with E-state index < -0.39 is 6.04 Å². The van der Waals surface area contributed by atoms with Crippen LogP contribution < -0.4 is 5.32 Å².